The number of rotatable bonds is 4. The first-order valence-electron chi connectivity index (χ1n) is 5.43. The Balaban J connectivity index is 2.79. The van der Waals surface area contributed by atoms with Gasteiger partial charge in [0.1, 0.15) is 0 Å². The molecule has 0 heterocycles. The fraction of sp³-hybridized carbons (Fsp3) is 0.500. The van der Waals surface area contributed by atoms with E-state index in [0.717, 1.165) is 5.56 Å². The molecule has 1 aromatic carbocycles. The van der Waals surface area contributed by atoms with E-state index in [1.807, 2.05) is 57.6 Å². The highest BCUT2D eigenvalue weighted by atomic mass is 31.2. The number of aliphatic hydroxyl groups excluding tert-OH is 1. The summed E-state index contributed by atoms with van der Waals surface area (Å²) in [5.41, 5.74) is 0.940. The molecule has 2 radical (unpaired) electrons. The molecule has 86 valence electrons. The molecule has 0 spiro atoms. The van der Waals surface area contributed by atoms with Crippen LogP contribution in [0.2, 0.25) is 0 Å². The molecule has 0 saturated heterocycles. The summed E-state index contributed by atoms with van der Waals surface area (Å²) in [4.78, 5) is 0. The van der Waals surface area contributed by atoms with Crippen LogP contribution < -0.4 is 0 Å². The quantitative estimate of drug-likeness (QED) is 0.640. The van der Waals surface area contributed by atoms with Crippen molar-refractivity contribution in [1.29, 1.82) is 0 Å². The van der Waals surface area contributed by atoms with Gasteiger partial charge in [0.2, 0.25) is 0 Å². The van der Waals surface area contributed by atoms with Crippen molar-refractivity contribution >= 4 is 14.9 Å². The van der Waals surface area contributed by atoms with Crippen LogP contribution in [-0.2, 0) is 0 Å². The molecule has 1 aromatic rings. The minimum atomic E-state index is -1.56. The van der Waals surface area contributed by atoms with Gasteiger partial charge in [-0.3, -0.25) is 0 Å². The fourth-order valence-corrected chi connectivity index (χ4v) is 2.67. The Bertz CT molecular complexity index is 326. The molecule has 16 heavy (non-hydrogen) atoms. The van der Waals surface area contributed by atoms with Crippen molar-refractivity contribution in [1.82, 2.24) is 4.67 Å². The van der Waals surface area contributed by atoms with E-state index in [4.69, 9.17) is 7.57 Å². The summed E-state index contributed by atoms with van der Waals surface area (Å²) in [5, 5.41) is 10.2. The van der Waals surface area contributed by atoms with Gasteiger partial charge in [-0.2, -0.15) is 4.67 Å². The second-order valence-electron chi connectivity index (χ2n) is 4.65. The minimum absolute atomic E-state index is 0.0238. The lowest BCUT2D eigenvalue weighted by Crippen LogP contribution is -2.33. The van der Waals surface area contributed by atoms with E-state index in [1.165, 1.54) is 0 Å². The van der Waals surface area contributed by atoms with Gasteiger partial charge in [0.25, 0.3) is 0 Å². The third-order valence-electron chi connectivity index (χ3n) is 3.00. The molecule has 0 aliphatic rings. The number of benzene rings is 1. The van der Waals surface area contributed by atoms with E-state index in [1.54, 1.807) is 0 Å². The fourth-order valence-electron chi connectivity index (χ4n) is 1.60. The zero-order chi connectivity index (χ0) is 12.3. The Labute approximate surface area is 100 Å². The van der Waals surface area contributed by atoms with Gasteiger partial charge in [-0.05, 0) is 12.5 Å². The van der Waals surface area contributed by atoms with Crippen molar-refractivity contribution in [3.8, 4) is 0 Å². The van der Waals surface area contributed by atoms with Crippen LogP contribution in [0.15, 0.2) is 30.3 Å². The van der Waals surface area contributed by atoms with E-state index in [0.29, 0.717) is 0 Å². The molecular weight excluding hydrogens is 216 g/mol. The Kier molecular flexibility index (Phi) is 4.55. The predicted octanol–water partition coefficient (Wildman–Crippen LogP) is 2.32. The highest BCUT2D eigenvalue weighted by Gasteiger charge is 2.33. The number of hydrogen-bond donors (Lipinski definition) is 1. The zero-order valence-corrected chi connectivity index (χ0v) is 11.4. The van der Waals surface area contributed by atoms with Crippen LogP contribution in [0.4, 0.5) is 0 Å². The Hall–Kier alpha value is -0.365. The third-order valence-corrected chi connectivity index (χ3v) is 4.99. The first-order chi connectivity index (χ1) is 7.34. The van der Waals surface area contributed by atoms with Gasteiger partial charge in [0.05, 0.1) is 12.1 Å². The van der Waals surface area contributed by atoms with Crippen LogP contribution in [-0.4, -0.2) is 43.8 Å². The van der Waals surface area contributed by atoms with Crippen LogP contribution in [0.3, 0.4) is 0 Å². The maximum atomic E-state index is 10.2. The second kappa shape index (κ2) is 5.31. The molecule has 2 unspecified atom stereocenters. The van der Waals surface area contributed by atoms with Gasteiger partial charge in [-0.25, -0.2) is 0 Å². The molecule has 2 nitrogen and oxygen atoms in total. The predicted molar refractivity (Wildman–Crippen MR) is 73.1 cm³/mol. The summed E-state index contributed by atoms with van der Waals surface area (Å²) >= 11 is 0. The van der Waals surface area contributed by atoms with E-state index < -0.39 is 13.4 Å². The molecular formula is C12H20BNOP+. The normalized spacial score (nSPS) is 16.1. The summed E-state index contributed by atoms with van der Waals surface area (Å²) in [6.45, 7) is 6.09. The van der Waals surface area contributed by atoms with E-state index in [9.17, 15) is 5.11 Å². The molecule has 0 saturated carbocycles. The van der Waals surface area contributed by atoms with Crippen LogP contribution in [0, 0.1) is 0 Å². The largest absolute Gasteiger partial charge is 0.387 e. The number of aliphatic hydroxyl groups is 1. The number of nitrogens with zero attached hydrogens (tertiary/aromatic N) is 1. The van der Waals surface area contributed by atoms with E-state index in [-0.39, 0.29) is 6.04 Å². The highest BCUT2D eigenvalue weighted by molar-refractivity contribution is 7.94. The summed E-state index contributed by atoms with van der Waals surface area (Å²) in [5.74, 6) is 0. The Morgan fingerprint density at radius 3 is 2.19 bits per heavy atom. The highest BCUT2D eigenvalue weighted by Crippen LogP contribution is 2.50. The number of hydrogen-bond acceptors (Lipinski definition) is 2. The summed E-state index contributed by atoms with van der Waals surface area (Å²) in [6, 6.07) is 9.73. The van der Waals surface area contributed by atoms with Crippen molar-refractivity contribution in [2.45, 2.75) is 19.1 Å². The molecule has 0 bridgehead atoms. The van der Waals surface area contributed by atoms with Gasteiger partial charge in [-0.1, -0.05) is 30.3 Å². The summed E-state index contributed by atoms with van der Waals surface area (Å²) < 4.78 is 2.09. The van der Waals surface area contributed by atoms with Crippen molar-refractivity contribution in [3.63, 3.8) is 0 Å². The molecule has 1 rings (SSSR count). The SMILES string of the molecule is [B][P+](C)(C)N(C)C(C)C(O)c1ccccc1. The maximum absolute atomic E-state index is 10.2. The van der Waals surface area contributed by atoms with Gasteiger partial charge >= 0.3 is 7.57 Å². The first kappa shape index (κ1) is 13.7. The maximum Gasteiger partial charge on any atom is 0.385 e. The van der Waals surface area contributed by atoms with Crippen molar-refractivity contribution < 1.29 is 5.11 Å². The summed E-state index contributed by atoms with van der Waals surface area (Å²) in [7, 11) is 6.53. The monoisotopic (exact) mass is 236 g/mol. The molecule has 0 aromatic heterocycles. The van der Waals surface area contributed by atoms with Crippen LogP contribution in [0.25, 0.3) is 0 Å². The first-order valence-corrected chi connectivity index (χ1v) is 8.13. The standard InChI is InChI=1S/C12H20BNOP/c1-10(14(2)16(3,4)13)12(15)11-8-6-5-7-9-11/h5-10,12,15H,1-4H3/q+1. The Morgan fingerprint density at radius 1 is 1.25 bits per heavy atom. The summed E-state index contributed by atoms with van der Waals surface area (Å²) in [6.07, 6.45) is -0.492. The lowest BCUT2D eigenvalue weighted by Gasteiger charge is -2.33. The van der Waals surface area contributed by atoms with Crippen LogP contribution in [0.1, 0.15) is 18.6 Å². The molecule has 2 atom stereocenters. The van der Waals surface area contributed by atoms with Gasteiger partial charge < -0.3 is 5.11 Å². The van der Waals surface area contributed by atoms with Crippen molar-refractivity contribution in [2.75, 3.05) is 20.4 Å². The van der Waals surface area contributed by atoms with E-state index >= 15 is 0 Å². The molecule has 1 N–H and O–H groups in total. The van der Waals surface area contributed by atoms with Crippen molar-refractivity contribution in [2.24, 2.45) is 0 Å². The molecule has 0 fully saturated rings. The molecule has 4 heteroatoms. The molecule has 0 aliphatic heterocycles. The average Bonchev–Trinajstić information content (AvgIpc) is 2.26. The minimum Gasteiger partial charge on any atom is -0.387 e. The number of likely N-dealkylation sites (N-methyl/N-ethyl adjacent to an activating group) is 1. The lowest BCUT2D eigenvalue weighted by molar-refractivity contribution is 0.110. The van der Waals surface area contributed by atoms with Gasteiger partial charge in [-0.15, -0.1) is 0 Å². The zero-order valence-electron chi connectivity index (χ0n) is 10.5. The topological polar surface area (TPSA) is 23.5 Å². The Morgan fingerprint density at radius 2 is 1.75 bits per heavy atom. The van der Waals surface area contributed by atoms with Crippen LogP contribution >= 0.6 is 7.29 Å². The lowest BCUT2D eigenvalue weighted by atomic mass is 10.0. The van der Waals surface area contributed by atoms with E-state index in [2.05, 4.69) is 4.67 Å². The second-order valence-corrected chi connectivity index (χ2v) is 8.24. The molecule has 0 amide bonds. The van der Waals surface area contributed by atoms with Gasteiger partial charge in [0.15, 0.2) is 0 Å². The van der Waals surface area contributed by atoms with Crippen molar-refractivity contribution in [3.05, 3.63) is 35.9 Å². The van der Waals surface area contributed by atoms with Crippen LogP contribution in [0.5, 0.6) is 0 Å². The molecule has 0 aliphatic carbocycles. The average molecular weight is 236 g/mol. The third kappa shape index (κ3) is 3.31. The van der Waals surface area contributed by atoms with Gasteiger partial charge in [0, 0.05) is 27.7 Å². The smallest absolute Gasteiger partial charge is 0.385 e.